The predicted octanol–water partition coefficient (Wildman–Crippen LogP) is -0.369. The number of hydrogen-bond donors (Lipinski definition) is 4. The molecule has 5 rings (SSSR count). The zero-order valence-corrected chi connectivity index (χ0v) is 23.6. The molecule has 0 aliphatic carbocycles. The normalized spacial score (nSPS) is 16.4. The Morgan fingerprint density at radius 2 is 1.90 bits per heavy atom. The summed E-state index contributed by atoms with van der Waals surface area (Å²) < 4.78 is 55.9. The van der Waals surface area contributed by atoms with Crippen molar-refractivity contribution in [2.24, 2.45) is 10.9 Å². The number of carboxylic acids is 1. The number of hydrogen-bond acceptors (Lipinski definition) is 13. The Labute approximate surface area is 233 Å². The number of nitrogens with two attached hydrogens (primary N) is 3. The fourth-order valence-electron chi connectivity index (χ4n) is 4.60. The standard InChI is InChI=1S/C20H23N9O4S3.C2H4O2/c21-10-11-4-1-2-9-29(11)36(32,33)15-8-7-12(13-5-3-6-14-17(13)24-20(22)34-14)16(18(15)35(23,30)31)19-25-27-28-26-19;1-2(3)4/h3,5-8,11H,1-2,4,9-10,21H2,(H2,22,24)(H2,23,30,31)(H,25,26,27,28);1H3,(H,3,4)/p-1. The number of thiazole rings is 1. The first-order chi connectivity index (χ1) is 18.9. The third-order valence-corrected chi connectivity index (χ3v) is 10.1. The van der Waals surface area contributed by atoms with Crippen LogP contribution < -0.4 is 21.7 Å². The van der Waals surface area contributed by atoms with Crippen molar-refractivity contribution < 1.29 is 26.7 Å². The van der Waals surface area contributed by atoms with Gasteiger partial charge in [-0.3, -0.25) is 0 Å². The van der Waals surface area contributed by atoms with Gasteiger partial charge in [-0.15, -0.1) is 10.2 Å². The lowest BCUT2D eigenvalue weighted by Gasteiger charge is -2.34. The van der Waals surface area contributed by atoms with Crippen molar-refractivity contribution in [3.05, 3.63) is 30.3 Å². The number of anilines is 1. The van der Waals surface area contributed by atoms with Gasteiger partial charge >= 0.3 is 0 Å². The second-order valence-corrected chi connectivity index (χ2v) is 13.2. The van der Waals surface area contributed by atoms with E-state index in [9.17, 15) is 16.8 Å². The maximum atomic E-state index is 13.9. The topological polar surface area (TPSA) is 257 Å². The Hall–Kier alpha value is -3.55. The number of nitrogens with zero attached hydrogens (tertiary/aromatic N) is 5. The molecule has 18 heteroatoms. The first-order valence-corrected chi connectivity index (χ1v) is 15.6. The van der Waals surface area contributed by atoms with Crippen LogP contribution in [0, 0.1) is 0 Å². The summed E-state index contributed by atoms with van der Waals surface area (Å²) in [7, 11) is -8.93. The number of carbonyl (C=O) groups is 1. The van der Waals surface area contributed by atoms with Gasteiger partial charge in [-0.25, -0.2) is 27.0 Å². The van der Waals surface area contributed by atoms with Gasteiger partial charge in [0.05, 0.1) is 15.8 Å². The van der Waals surface area contributed by atoms with Crippen molar-refractivity contribution in [1.29, 1.82) is 0 Å². The van der Waals surface area contributed by atoms with Gasteiger partial charge in [0.15, 0.2) is 5.13 Å². The fourth-order valence-corrected chi connectivity index (χ4v) is 8.64. The SMILES string of the molecule is CC(=O)[O-].NCC1CCCCN1S(=O)(=O)c1ccc(-c2cccc3sc(N)nc23)c(-c2nn[nH]n2)c1S(N)(=O)=O. The van der Waals surface area contributed by atoms with Crippen molar-refractivity contribution in [2.75, 3.05) is 18.8 Å². The van der Waals surface area contributed by atoms with E-state index in [-0.39, 0.29) is 24.5 Å². The second-order valence-electron chi connectivity index (χ2n) is 8.79. The van der Waals surface area contributed by atoms with Gasteiger partial charge in [-0.2, -0.15) is 9.52 Å². The van der Waals surface area contributed by atoms with E-state index in [1.54, 1.807) is 12.1 Å². The average Bonchev–Trinajstić information content (AvgIpc) is 3.56. The third kappa shape index (κ3) is 5.81. The van der Waals surface area contributed by atoms with E-state index in [0.717, 1.165) is 18.0 Å². The van der Waals surface area contributed by atoms with E-state index >= 15 is 0 Å². The molecule has 40 heavy (non-hydrogen) atoms. The monoisotopic (exact) mass is 608 g/mol. The molecule has 15 nitrogen and oxygen atoms in total. The first-order valence-electron chi connectivity index (χ1n) is 11.8. The number of carboxylic acid groups (broad SMARTS) is 1. The first kappa shape index (κ1) is 29.4. The molecule has 214 valence electrons. The molecule has 1 saturated heterocycles. The molecule has 1 unspecified atom stereocenters. The van der Waals surface area contributed by atoms with Crippen LogP contribution in [0.4, 0.5) is 5.13 Å². The Morgan fingerprint density at radius 3 is 2.52 bits per heavy atom. The number of rotatable bonds is 6. The van der Waals surface area contributed by atoms with Crippen LogP contribution in [-0.4, -0.2) is 71.8 Å². The molecule has 1 aliphatic rings. The van der Waals surface area contributed by atoms with Gasteiger partial charge in [0, 0.05) is 30.7 Å². The summed E-state index contributed by atoms with van der Waals surface area (Å²) in [6.45, 7) is 1.29. The number of aliphatic carboxylic acids is 1. The van der Waals surface area contributed by atoms with Gasteiger partial charge in [0.25, 0.3) is 0 Å². The van der Waals surface area contributed by atoms with E-state index in [1.165, 1.54) is 27.8 Å². The maximum Gasteiger partial charge on any atom is 0.244 e. The minimum absolute atomic E-state index is 0.104. The highest BCUT2D eigenvalue weighted by Crippen LogP contribution is 2.42. The molecule has 1 aliphatic heterocycles. The van der Waals surface area contributed by atoms with Gasteiger partial charge in [-0.1, -0.05) is 36.0 Å². The predicted molar refractivity (Wildman–Crippen MR) is 145 cm³/mol. The van der Waals surface area contributed by atoms with E-state index < -0.39 is 41.8 Å². The number of para-hydroxylation sites is 1. The minimum Gasteiger partial charge on any atom is -0.550 e. The van der Waals surface area contributed by atoms with Crippen LogP contribution in [0.3, 0.4) is 0 Å². The Bertz CT molecular complexity index is 1750. The van der Waals surface area contributed by atoms with Crippen molar-refractivity contribution in [3.8, 4) is 22.5 Å². The van der Waals surface area contributed by atoms with Gasteiger partial charge in [0.1, 0.15) is 9.79 Å². The molecule has 0 amide bonds. The number of fused-ring (bicyclic) bond motifs is 1. The highest BCUT2D eigenvalue weighted by Gasteiger charge is 2.38. The molecular weight excluding hydrogens is 583 g/mol. The molecule has 4 aromatic rings. The van der Waals surface area contributed by atoms with E-state index in [4.69, 9.17) is 26.5 Å². The molecular formula is C22H26N9O6S3-. The van der Waals surface area contributed by atoms with Crippen LogP contribution in [0.15, 0.2) is 40.1 Å². The maximum absolute atomic E-state index is 13.9. The van der Waals surface area contributed by atoms with Crippen molar-refractivity contribution in [2.45, 2.75) is 42.0 Å². The lowest BCUT2D eigenvalue weighted by atomic mass is 9.98. The number of piperidine rings is 1. The molecule has 2 aromatic carbocycles. The van der Waals surface area contributed by atoms with Crippen LogP contribution in [-0.2, 0) is 24.8 Å². The molecule has 7 N–H and O–H groups in total. The summed E-state index contributed by atoms with van der Waals surface area (Å²) in [5, 5.41) is 28.6. The summed E-state index contributed by atoms with van der Waals surface area (Å²) in [6, 6.07) is 7.58. The van der Waals surface area contributed by atoms with Crippen LogP contribution in [0.1, 0.15) is 26.2 Å². The number of carbonyl (C=O) groups excluding carboxylic acids is 1. The molecule has 1 fully saturated rings. The van der Waals surface area contributed by atoms with Crippen molar-refractivity contribution >= 4 is 52.7 Å². The highest BCUT2D eigenvalue weighted by atomic mass is 32.2. The van der Waals surface area contributed by atoms with Crippen LogP contribution in [0.5, 0.6) is 0 Å². The summed E-state index contributed by atoms with van der Waals surface area (Å²) in [5.74, 6) is -1.22. The Kier molecular flexibility index (Phi) is 8.47. The summed E-state index contributed by atoms with van der Waals surface area (Å²) in [4.78, 5) is 12.2. The fraction of sp³-hybridized carbons (Fsp3) is 0.318. The zero-order valence-electron chi connectivity index (χ0n) is 21.1. The zero-order chi connectivity index (χ0) is 29.2. The molecule has 0 bridgehead atoms. The summed E-state index contributed by atoms with van der Waals surface area (Å²) >= 11 is 1.26. The quantitative estimate of drug-likeness (QED) is 0.219. The third-order valence-electron chi connectivity index (χ3n) is 6.13. The van der Waals surface area contributed by atoms with Crippen molar-refractivity contribution in [3.63, 3.8) is 0 Å². The number of tetrazole rings is 1. The smallest absolute Gasteiger partial charge is 0.244 e. The van der Waals surface area contributed by atoms with Gasteiger partial charge in [-0.05, 0) is 42.7 Å². The van der Waals surface area contributed by atoms with Crippen LogP contribution in [0.2, 0.25) is 0 Å². The number of aromatic amines is 1. The molecule has 0 saturated carbocycles. The molecule has 2 aromatic heterocycles. The van der Waals surface area contributed by atoms with E-state index in [1.807, 2.05) is 6.07 Å². The summed E-state index contributed by atoms with van der Waals surface area (Å²) in [6.07, 6.45) is 2.02. The molecule has 3 heterocycles. The van der Waals surface area contributed by atoms with Crippen LogP contribution >= 0.6 is 11.3 Å². The van der Waals surface area contributed by atoms with E-state index in [2.05, 4.69) is 25.6 Å². The molecule has 1 atom stereocenters. The second kappa shape index (κ2) is 11.5. The minimum atomic E-state index is -4.62. The number of primary sulfonamides is 1. The lowest BCUT2D eigenvalue weighted by Crippen LogP contribution is -2.47. The van der Waals surface area contributed by atoms with Crippen molar-refractivity contribution in [1.82, 2.24) is 29.9 Å². The number of nitrogens with one attached hydrogen (secondary N) is 1. The lowest BCUT2D eigenvalue weighted by molar-refractivity contribution is -0.302. The number of H-pyrrole nitrogens is 1. The van der Waals surface area contributed by atoms with Crippen LogP contribution in [0.25, 0.3) is 32.7 Å². The average molecular weight is 609 g/mol. The number of aromatic nitrogens is 5. The Balaban J connectivity index is 0.000000867. The highest BCUT2D eigenvalue weighted by molar-refractivity contribution is 7.92. The van der Waals surface area contributed by atoms with Gasteiger partial charge in [0.2, 0.25) is 25.9 Å². The number of nitrogen functional groups attached to an aromatic ring is 1. The molecule has 0 radical (unpaired) electrons. The molecule has 0 spiro atoms. The number of sulfonamides is 2. The Morgan fingerprint density at radius 1 is 1.18 bits per heavy atom. The van der Waals surface area contributed by atoms with Gasteiger partial charge < -0.3 is 21.4 Å². The number of benzene rings is 2. The largest absolute Gasteiger partial charge is 0.550 e. The summed E-state index contributed by atoms with van der Waals surface area (Å²) in [5.41, 5.74) is 13.0. The van der Waals surface area contributed by atoms with E-state index in [0.29, 0.717) is 34.6 Å².